The second kappa shape index (κ2) is 7.93. The summed E-state index contributed by atoms with van der Waals surface area (Å²) in [6.45, 7) is 6.96. The monoisotopic (exact) mass is 398 g/mol. The number of likely N-dealkylation sites (tertiary alicyclic amines) is 1. The summed E-state index contributed by atoms with van der Waals surface area (Å²) in [5.41, 5.74) is 2.54. The predicted molar refractivity (Wildman–Crippen MR) is 114 cm³/mol. The van der Waals surface area contributed by atoms with Gasteiger partial charge in [-0.25, -0.2) is 0 Å². The van der Waals surface area contributed by atoms with Gasteiger partial charge in [0.2, 0.25) is 0 Å². The quantitative estimate of drug-likeness (QED) is 0.773. The van der Waals surface area contributed by atoms with Crippen LogP contribution < -0.4 is 9.47 Å². The van der Waals surface area contributed by atoms with Crippen molar-refractivity contribution >= 4 is 0 Å². The Morgan fingerprint density at radius 3 is 2.79 bits per heavy atom. The fraction of sp³-hybridized carbons (Fsp3) is 0.667. The summed E-state index contributed by atoms with van der Waals surface area (Å²) in [5.74, 6) is 1.72. The van der Waals surface area contributed by atoms with Crippen LogP contribution >= 0.6 is 0 Å². The lowest BCUT2D eigenvalue weighted by Gasteiger charge is -2.36. The Bertz CT molecular complexity index is 774. The van der Waals surface area contributed by atoms with Gasteiger partial charge in [-0.15, -0.1) is 0 Å². The lowest BCUT2D eigenvalue weighted by Crippen LogP contribution is -2.43. The number of hydrogen-bond donors (Lipinski definition) is 1. The molecule has 1 N–H and O–H groups in total. The molecule has 1 aromatic rings. The summed E-state index contributed by atoms with van der Waals surface area (Å²) >= 11 is 0. The summed E-state index contributed by atoms with van der Waals surface area (Å²) in [6, 6.07) is 4.28. The molecule has 5 rings (SSSR count). The Balaban J connectivity index is 1.37. The third kappa shape index (κ3) is 3.47. The number of aliphatic hydroxyl groups is 1. The minimum Gasteiger partial charge on any atom is -0.493 e. The minimum atomic E-state index is -0.418. The van der Waals surface area contributed by atoms with Gasteiger partial charge in [0.1, 0.15) is 6.10 Å². The summed E-state index contributed by atoms with van der Waals surface area (Å²) < 4.78 is 12.0. The number of hydrogen-bond acceptors (Lipinski definition) is 5. The van der Waals surface area contributed by atoms with Gasteiger partial charge in [-0.3, -0.25) is 4.90 Å². The smallest absolute Gasteiger partial charge is 0.166 e. The van der Waals surface area contributed by atoms with Crippen LogP contribution in [0.4, 0.5) is 0 Å². The van der Waals surface area contributed by atoms with Crippen molar-refractivity contribution in [2.24, 2.45) is 0 Å². The van der Waals surface area contributed by atoms with Crippen molar-refractivity contribution < 1.29 is 14.6 Å². The minimum absolute atomic E-state index is 0.000787. The highest BCUT2D eigenvalue weighted by Crippen LogP contribution is 2.55. The molecule has 0 bridgehead atoms. The van der Waals surface area contributed by atoms with Crippen molar-refractivity contribution in [2.75, 3.05) is 39.8 Å². The summed E-state index contributed by atoms with van der Waals surface area (Å²) in [6.07, 6.45) is 10.9. The maximum absolute atomic E-state index is 10.2. The third-order valence-electron chi connectivity index (χ3n) is 7.43. The van der Waals surface area contributed by atoms with E-state index in [2.05, 4.69) is 28.0 Å². The molecule has 1 fully saturated rings. The first-order chi connectivity index (χ1) is 14.2. The van der Waals surface area contributed by atoms with E-state index in [-0.39, 0.29) is 11.5 Å². The molecule has 5 heteroatoms. The molecule has 3 heterocycles. The number of aliphatic hydroxyl groups excluding tert-OH is 1. The second-order valence-electron chi connectivity index (χ2n) is 9.22. The number of methoxy groups -OCH3 is 1. The van der Waals surface area contributed by atoms with E-state index in [1.165, 1.54) is 56.4 Å². The molecule has 5 nitrogen and oxygen atoms in total. The maximum Gasteiger partial charge on any atom is 0.166 e. The van der Waals surface area contributed by atoms with Crippen molar-refractivity contribution in [1.29, 1.82) is 0 Å². The SMILES string of the molecule is COc1ccc2c3c1O[C@@H]1C[C@@H](O)C=C[C@@]31CCN(CCCN1CCCCC1)C2. The van der Waals surface area contributed by atoms with Crippen LogP contribution in [0, 0.1) is 0 Å². The molecule has 29 heavy (non-hydrogen) atoms. The standard InChI is InChI=1S/C24H34N2O3/c1-28-20-7-6-18-17-26(14-5-13-25-11-3-2-4-12-25)15-10-24-9-8-19(27)16-21(24)29-23(20)22(18)24/h6-9,19,21,27H,2-5,10-17H2,1H3/t19-,21+,24-/m0/s1. The molecule has 1 aromatic carbocycles. The van der Waals surface area contributed by atoms with Gasteiger partial charge in [-0.1, -0.05) is 24.6 Å². The highest BCUT2D eigenvalue weighted by Gasteiger charge is 2.52. The number of rotatable bonds is 5. The molecule has 0 saturated carbocycles. The fourth-order valence-electron chi connectivity index (χ4n) is 5.89. The number of piperidine rings is 1. The van der Waals surface area contributed by atoms with Crippen LogP contribution in [0.2, 0.25) is 0 Å². The zero-order valence-corrected chi connectivity index (χ0v) is 17.6. The molecule has 0 unspecified atom stereocenters. The molecule has 0 radical (unpaired) electrons. The Kier molecular flexibility index (Phi) is 5.31. The van der Waals surface area contributed by atoms with E-state index in [0.29, 0.717) is 6.42 Å². The van der Waals surface area contributed by atoms with Gasteiger partial charge < -0.3 is 19.5 Å². The average molecular weight is 399 g/mol. The predicted octanol–water partition coefficient (Wildman–Crippen LogP) is 3.10. The molecular weight excluding hydrogens is 364 g/mol. The van der Waals surface area contributed by atoms with Gasteiger partial charge in [0.05, 0.1) is 18.6 Å². The molecule has 4 aliphatic rings. The van der Waals surface area contributed by atoms with Gasteiger partial charge in [-0.05, 0) is 70.0 Å². The third-order valence-corrected chi connectivity index (χ3v) is 7.43. The van der Waals surface area contributed by atoms with Crippen molar-refractivity contribution in [1.82, 2.24) is 9.80 Å². The topological polar surface area (TPSA) is 45.2 Å². The van der Waals surface area contributed by atoms with Crippen molar-refractivity contribution in [3.05, 3.63) is 35.4 Å². The molecule has 1 aliphatic carbocycles. The van der Waals surface area contributed by atoms with Gasteiger partial charge in [0, 0.05) is 18.5 Å². The highest BCUT2D eigenvalue weighted by molar-refractivity contribution is 5.60. The van der Waals surface area contributed by atoms with E-state index in [1.807, 2.05) is 6.08 Å². The van der Waals surface area contributed by atoms with E-state index in [4.69, 9.17) is 9.47 Å². The molecule has 1 saturated heterocycles. The molecule has 1 spiro atoms. The van der Waals surface area contributed by atoms with E-state index in [1.54, 1.807) is 7.11 Å². The number of benzene rings is 1. The lowest BCUT2D eigenvalue weighted by molar-refractivity contribution is 0.0807. The van der Waals surface area contributed by atoms with E-state index < -0.39 is 6.10 Å². The molecule has 158 valence electrons. The van der Waals surface area contributed by atoms with Gasteiger partial charge >= 0.3 is 0 Å². The first kappa shape index (κ1) is 19.4. The normalized spacial score (nSPS) is 31.7. The number of ether oxygens (including phenoxy) is 2. The highest BCUT2D eigenvalue weighted by atomic mass is 16.5. The molecule has 3 aliphatic heterocycles. The Hall–Kier alpha value is -1.56. The molecule has 0 aromatic heterocycles. The van der Waals surface area contributed by atoms with Crippen LogP contribution in [-0.2, 0) is 12.0 Å². The van der Waals surface area contributed by atoms with Crippen LogP contribution in [0.25, 0.3) is 0 Å². The zero-order valence-electron chi connectivity index (χ0n) is 17.6. The first-order valence-corrected chi connectivity index (χ1v) is 11.4. The van der Waals surface area contributed by atoms with Gasteiger partial charge in [0.15, 0.2) is 11.5 Å². The van der Waals surface area contributed by atoms with Crippen LogP contribution in [0.3, 0.4) is 0 Å². The maximum atomic E-state index is 10.2. The first-order valence-electron chi connectivity index (χ1n) is 11.4. The molecular formula is C24H34N2O3. The van der Waals surface area contributed by atoms with E-state index in [0.717, 1.165) is 37.6 Å². The van der Waals surface area contributed by atoms with E-state index in [9.17, 15) is 5.11 Å². The van der Waals surface area contributed by atoms with Crippen molar-refractivity contribution in [2.45, 2.75) is 62.7 Å². The van der Waals surface area contributed by atoms with Crippen LogP contribution in [0.1, 0.15) is 49.7 Å². The fourth-order valence-corrected chi connectivity index (χ4v) is 5.89. The Labute approximate surface area is 174 Å². The average Bonchev–Trinajstić information content (AvgIpc) is 2.98. The summed E-state index contributed by atoms with van der Waals surface area (Å²) in [7, 11) is 1.71. The number of nitrogens with zero attached hydrogens (tertiary/aromatic N) is 2. The van der Waals surface area contributed by atoms with Crippen LogP contribution in [0.5, 0.6) is 11.5 Å². The largest absolute Gasteiger partial charge is 0.493 e. The van der Waals surface area contributed by atoms with Gasteiger partial charge in [0.25, 0.3) is 0 Å². The van der Waals surface area contributed by atoms with Gasteiger partial charge in [-0.2, -0.15) is 0 Å². The van der Waals surface area contributed by atoms with Crippen LogP contribution in [0.15, 0.2) is 24.3 Å². The zero-order chi connectivity index (χ0) is 19.8. The van der Waals surface area contributed by atoms with E-state index >= 15 is 0 Å². The Morgan fingerprint density at radius 1 is 1.14 bits per heavy atom. The summed E-state index contributed by atoms with van der Waals surface area (Å²) in [5, 5.41) is 10.2. The van der Waals surface area contributed by atoms with Crippen molar-refractivity contribution in [3.63, 3.8) is 0 Å². The Morgan fingerprint density at radius 2 is 1.97 bits per heavy atom. The second-order valence-corrected chi connectivity index (χ2v) is 9.22. The molecule has 0 amide bonds. The lowest BCUT2D eigenvalue weighted by atomic mass is 9.69. The summed E-state index contributed by atoms with van der Waals surface area (Å²) in [4.78, 5) is 5.26. The molecule has 3 atom stereocenters. The van der Waals surface area contributed by atoms with Crippen molar-refractivity contribution in [3.8, 4) is 11.5 Å². The van der Waals surface area contributed by atoms with Crippen LogP contribution in [-0.4, -0.2) is 66.9 Å².